The molecule has 3 N–H and O–H groups in total. The van der Waals surface area contributed by atoms with Crippen LogP contribution in [-0.4, -0.2) is 49.2 Å². The summed E-state index contributed by atoms with van der Waals surface area (Å²) in [6.07, 6.45) is 1.97. The Balaban J connectivity index is 2.42. The first-order valence-electron chi connectivity index (χ1n) is 6.07. The highest BCUT2D eigenvalue weighted by atomic mass is 16.5. The van der Waals surface area contributed by atoms with Crippen molar-refractivity contribution in [2.24, 2.45) is 5.73 Å². The molecule has 0 unspecified atom stereocenters. The maximum atomic E-state index is 11.3. The van der Waals surface area contributed by atoms with Gasteiger partial charge in [-0.2, -0.15) is 0 Å². The van der Waals surface area contributed by atoms with E-state index in [0.717, 1.165) is 25.9 Å². The van der Waals surface area contributed by atoms with Crippen LogP contribution in [0.2, 0.25) is 0 Å². The molecule has 0 radical (unpaired) electrons. The molecule has 0 bridgehead atoms. The van der Waals surface area contributed by atoms with E-state index in [9.17, 15) is 9.59 Å². The molecule has 6 nitrogen and oxygen atoms in total. The third kappa shape index (κ3) is 4.60. The largest absolute Gasteiger partial charge is 0.466 e. The fraction of sp³-hybridized carbons (Fsp3) is 0.818. The number of ether oxygens (including phenoxy) is 1. The summed E-state index contributed by atoms with van der Waals surface area (Å²) in [5.74, 6) is -0.285. The number of hydrogen-bond acceptors (Lipinski definition) is 4. The third-order valence-electron chi connectivity index (χ3n) is 2.89. The molecule has 1 fully saturated rings. The van der Waals surface area contributed by atoms with E-state index in [0.29, 0.717) is 13.2 Å². The Labute approximate surface area is 101 Å². The van der Waals surface area contributed by atoms with Crippen LogP contribution >= 0.6 is 0 Å². The van der Waals surface area contributed by atoms with Gasteiger partial charge in [0.25, 0.3) is 0 Å². The minimum absolute atomic E-state index is 0.142. The van der Waals surface area contributed by atoms with Crippen LogP contribution in [0.5, 0.6) is 0 Å². The molecule has 1 rings (SSSR count). The fourth-order valence-electron chi connectivity index (χ4n) is 2.04. The summed E-state index contributed by atoms with van der Waals surface area (Å²) in [4.78, 5) is 24.2. The van der Waals surface area contributed by atoms with Gasteiger partial charge in [0.15, 0.2) is 0 Å². The van der Waals surface area contributed by atoms with E-state index < -0.39 is 6.03 Å². The zero-order valence-electron chi connectivity index (χ0n) is 10.3. The average molecular weight is 243 g/mol. The topological polar surface area (TPSA) is 84.7 Å². The van der Waals surface area contributed by atoms with Crippen LogP contribution in [0, 0.1) is 0 Å². The van der Waals surface area contributed by atoms with Crippen molar-refractivity contribution in [2.75, 3.05) is 26.2 Å². The van der Waals surface area contributed by atoms with Gasteiger partial charge >= 0.3 is 12.0 Å². The summed E-state index contributed by atoms with van der Waals surface area (Å²) in [7, 11) is 0. The van der Waals surface area contributed by atoms with E-state index in [1.165, 1.54) is 0 Å². The predicted octanol–water partition coefficient (Wildman–Crippen LogP) is 0.0723. The number of nitrogens with one attached hydrogen (secondary N) is 1. The smallest absolute Gasteiger partial charge is 0.315 e. The van der Waals surface area contributed by atoms with Gasteiger partial charge < -0.3 is 20.7 Å². The lowest BCUT2D eigenvalue weighted by molar-refractivity contribution is -0.143. The van der Waals surface area contributed by atoms with E-state index in [2.05, 4.69) is 5.32 Å². The molecule has 0 aromatic rings. The first-order chi connectivity index (χ1) is 8.15. The van der Waals surface area contributed by atoms with Crippen molar-refractivity contribution in [1.82, 2.24) is 10.2 Å². The molecule has 17 heavy (non-hydrogen) atoms. The molecule has 0 aliphatic carbocycles. The molecule has 0 spiro atoms. The van der Waals surface area contributed by atoms with Crippen molar-refractivity contribution >= 4 is 12.0 Å². The summed E-state index contributed by atoms with van der Waals surface area (Å²) in [6.45, 7) is 4.24. The standard InChI is InChI=1S/C11H21N3O3/c1-2-17-10(15)5-8-14(11(12)16)9-3-6-13-7-4-9/h9,13H,2-8H2,1H3,(H2,12,16). The number of carbonyl (C=O) groups excluding carboxylic acids is 2. The van der Waals surface area contributed by atoms with Crippen LogP contribution < -0.4 is 11.1 Å². The first-order valence-corrected chi connectivity index (χ1v) is 6.07. The Bertz CT molecular complexity index is 265. The average Bonchev–Trinajstić information content (AvgIpc) is 2.30. The normalized spacial score (nSPS) is 16.5. The number of hydrogen-bond donors (Lipinski definition) is 2. The van der Waals surface area contributed by atoms with Crippen LogP contribution in [-0.2, 0) is 9.53 Å². The molecule has 1 aliphatic heterocycles. The first kappa shape index (κ1) is 13.8. The van der Waals surface area contributed by atoms with Gasteiger partial charge in [0, 0.05) is 12.6 Å². The van der Waals surface area contributed by atoms with Gasteiger partial charge in [-0.25, -0.2) is 4.79 Å². The number of nitrogens with zero attached hydrogens (tertiary/aromatic N) is 1. The molecule has 1 saturated heterocycles. The number of piperidine rings is 1. The Morgan fingerprint density at radius 2 is 2.06 bits per heavy atom. The number of primary amides is 1. The molecule has 1 aliphatic rings. The van der Waals surface area contributed by atoms with Crippen LogP contribution in [0.3, 0.4) is 0 Å². The Kier molecular flexibility index (Phi) is 5.76. The van der Waals surface area contributed by atoms with Gasteiger partial charge in [0.05, 0.1) is 13.0 Å². The number of rotatable bonds is 5. The van der Waals surface area contributed by atoms with E-state index in [1.54, 1.807) is 11.8 Å². The highest BCUT2D eigenvalue weighted by Crippen LogP contribution is 2.12. The summed E-state index contributed by atoms with van der Waals surface area (Å²) >= 11 is 0. The highest BCUT2D eigenvalue weighted by Gasteiger charge is 2.24. The number of amides is 2. The molecule has 0 saturated carbocycles. The zero-order valence-corrected chi connectivity index (χ0v) is 10.3. The van der Waals surface area contributed by atoms with Crippen LogP contribution in [0.4, 0.5) is 4.79 Å². The van der Waals surface area contributed by atoms with Crippen molar-refractivity contribution in [1.29, 1.82) is 0 Å². The maximum absolute atomic E-state index is 11.3. The lowest BCUT2D eigenvalue weighted by atomic mass is 10.0. The monoisotopic (exact) mass is 243 g/mol. The molecular formula is C11H21N3O3. The minimum Gasteiger partial charge on any atom is -0.466 e. The van der Waals surface area contributed by atoms with E-state index >= 15 is 0 Å². The lowest BCUT2D eigenvalue weighted by Gasteiger charge is -2.33. The Hall–Kier alpha value is -1.30. The number of nitrogens with two attached hydrogens (primary N) is 1. The van der Waals surface area contributed by atoms with Crippen LogP contribution in [0.15, 0.2) is 0 Å². The van der Waals surface area contributed by atoms with Gasteiger partial charge in [-0.3, -0.25) is 4.79 Å². The molecule has 6 heteroatoms. The second-order valence-electron chi connectivity index (χ2n) is 4.07. The molecule has 0 atom stereocenters. The lowest BCUT2D eigenvalue weighted by Crippen LogP contribution is -2.49. The van der Waals surface area contributed by atoms with Crippen molar-refractivity contribution in [3.63, 3.8) is 0 Å². The van der Waals surface area contributed by atoms with E-state index in [1.807, 2.05) is 0 Å². The predicted molar refractivity (Wildman–Crippen MR) is 63.4 cm³/mol. The quantitative estimate of drug-likeness (QED) is 0.669. The second kappa shape index (κ2) is 7.11. The van der Waals surface area contributed by atoms with Gasteiger partial charge in [-0.05, 0) is 32.9 Å². The van der Waals surface area contributed by atoms with Crippen molar-refractivity contribution in [3.8, 4) is 0 Å². The summed E-state index contributed by atoms with van der Waals surface area (Å²) < 4.78 is 4.83. The Morgan fingerprint density at radius 3 is 2.59 bits per heavy atom. The summed E-state index contributed by atoms with van der Waals surface area (Å²) in [5, 5.41) is 3.22. The van der Waals surface area contributed by atoms with Crippen molar-refractivity contribution in [2.45, 2.75) is 32.2 Å². The van der Waals surface area contributed by atoms with Gasteiger partial charge in [0.2, 0.25) is 0 Å². The van der Waals surface area contributed by atoms with E-state index in [-0.39, 0.29) is 18.4 Å². The summed E-state index contributed by atoms with van der Waals surface area (Å²) in [6, 6.07) is -0.315. The Morgan fingerprint density at radius 1 is 1.41 bits per heavy atom. The van der Waals surface area contributed by atoms with Crippen molar-refractivity contribution in [3.05, 3.63) is 0 Å². The maximum Gasteiger partial charge on any atom is 0.315 e. The molecule has 1 heterocycles. The van der Waals surface area contributed by atoms with E-state index in [4.69, 9.17) is 10.5 Å². The second-order valence-corrected chi connectivity index (χ2v) is 4.07. The minimum atomic E-state index is -0.457. The molecular weight excluding hydrogens is 222 g/mol. The summed E-state index contributed by atoms with van der Waals surface area (Å²) in [5.41, 5.74) is 5.34. The zero-order chi connectivity index (χ0) is 12.7. The number of carbonyl (C=O) groups is 2. The van der Waals surface area contributed by atoms with Gasteiger partial charge in [-0.1, -0.05) is 0 Å². The van der Waals surface area contributed by atoms with Crippen LogP contribution in [0.1, 0.15) is 26.2 Å². The number of esters is 1. The highest BCUT2D eigenvalue weighted by molar-refractivity contribution is 5.74. The molecule has 98 valence electrons. The van der Waals surface area contributed by atoms with Crippen molar-refractivity contribution < 1.29 is 14.3 Å². The van der Waals surface area contributed by atoms with Crippen LogP contribution in [0.25, 0.3) is 0 Å². The molecule has 0 aromatic carbocycles. The molecule has 0 aromatic heterocycles. The van der Waals surface area contributed by atoms with Gasteiger partial charge in [0.1, 0.15) is 0 Å². The third-order valence-corrected chi connectivity index (χ3v) is 2.89. The molecule has 2 amide bonds. The fourth-order valence-corrected chi connectivity index (χ4v) is 2.04. The number of urea groups is 1. The SMILES string of the molecule is CCOC(=O)CCN(C(N)=O)C1CCNCC1. The van der Waals surface area contributed by atoms with Gasteiger partial charge in [-0.15, -0.1) is 0 Å².